The van der Waals surface area contributed by atoms with Gasteiger partial charge in [0.05, 0.1) is 5.39 Å². The summed E-state index contributed by atoms with van der Waals surface area (Å²) in [4.78, 5) is 36.7. The highest BCUT2D eigenvalue weighted by molar-refractivity contribution is 5.90. The molecule has 0 unspecified atom stereocenters. The fraction of sp³-hybridized carbons (Fsp3) is 0.474. The number of nitrogens with one attached hydrogen (secondary N) is 2. The molecular weight excluding hydrogens is 386 g/mol. The molecule has 4 N–H and O–H groups in total. The molecule has 11 nitrogen and oxygen atoms in total. The number of hydrogen-bond acceptors (Lipinski definition) is 7. The van der Waals surface area contributed by atoms with Crippen LogP contribution in [-0.4, -0.2) is 53.7 Å². The fourth-order valence-electron chi connectivity index (χ4n) is 3.69. The molecule has 11 heteroatoms. The zero-order valence-corrected chi connectivity index (χ0v) is 16.6. The molecule has 1 aliphatic rings. The van der Waals surface area contributed by atoms with Crippen LogP contribution in [0.15, 0.2) is 24.9 Å². The maximum Gasteiger partial charge on any atom is 0.291 e. The van der Waals surface area contributed by atoms with Crippen molar-refractivity contribution >= 4 is 28.7 Å². The molecule has 2 amide bonds. The van der Waals surface area contributed by atoms with Crippen LogP contribution in [0.2, 0.25) is 0 Å². The van der Waals surface area contributed by atoms with Gasteiger partial charge in [-0.25, -0.2) is 19.6 Å². The van der Waals surface area contributed by atoms with Crippen LogP contribution in [0.5, 0.6) is 0 Å². The third kappa shape index (κ3) is 4.56. The van der Waals surface area contributed by atoms with Crippen LogP contribution < -0.4 is 16.4 Å². The number of hydrogen-bond donors (Lipinski definition) is 3. The molecule has 0 saturated heterocycles. The highest BCUT2D eigenvalue weighted by Gasteiger charge is 2.19. The second-order valence-electron chi connectivity index (χ2n) is 7.43. The lowest BCUT2D eigenvalue weighted by Gasteiger charge is -2.21. The molecule has 0 radical (unpaired) electrons. The highest BCUT2D eigenvalue weighted by atomic mass is 16.2. The van der Waals surface area contributed by atoms with Crippen LogP contribution in [0.3, 0.4) is 0 Å². The molecule has 0 spiro atoms. The molecular formula is C19H25N9O2. The minimum Gasteiger partial charge on any atom is -0.383 e. The Balaban J connectivity index is 1.25. The summed E-state index contributed by atoms with van der Waals surface area (Å²) < 4.78 is 3.26. The van der Waals surface area contributed by atoms with Crippen LogP contribution in [0.1, 0.15) is 42.7 Å². The highest BCUT2D eigenvalue weighted by Crippen LogP contribution is 2.18. The van der Waals surface area contributed by atoms with E-state index in [9.17, 15) is 9.59 Å². The van der Waals surface area contributed by atoms with Gasteiger partial charge in [0.15, 0.2) is 0 Å². The number of fused-ring (bicyclic) bond motifs is 1. The summed E-state index contributed by atoms with van der Waals surface area (Å²) in [7, 11) is 0. The predicted molar refractivity (Wildman–Crippen MR) is 109 cm³/mol. The van der Waals surface area contributed by atoms with Crippen molar-refractivity contribution in [2.75, 3.05) is 12.3 Å². The number of aromatic nitrogens is 6. The second-order valence-corrected chi connectivity index (χ2v) is 7.43. The van der Waals surface area contributed by atoms with E-state index in [1.807, 2.05) is 16.8 Å². The van der Waals surface area contributed by atoms with Crippen molar-refractivity contribution in [3.63, 3.8) is 0 Å². The molecule has 4 rings (SSSR count). The lowest BCUT2D eigenvalue weighted by molar-refractivity contribution is -0.121. The number of anilines is 1. The van der Waals surface area contributed by atoms with E-state index in [2.05, 4.69) is 30.7 Å². The quantitative estimate of drug-likeness (QED) is 0.513. The lowest BCUT2D eigenvalue weighted by Crippen LogP contribution is -2.36. The van der Waals surface area contributed by atoms with Gasteiger partial charge in [0.2, 0.25) is 11.7 Å². The Hall–Kier alpha value is -3.50. The van der Waals surface area contributed by atoms with E-state index in [0.29, 0.717) is 18.9 Å². The summed E-state index contributed by atoms with van der Waals surface area (Å²) in [6, 6.07) is 2.04. The summed E-state index contributed by atoms with van der Waals surface area (Å²) in [5.74, 6) is 0.00768. The molecule has 0 aliphatic heterocycles. The van der Waals surface area contributed by atoms with Crippen molar-refractivity contribution in [3.05, 3.63) is 30.7 Å². The van der Waals surface area contributed by atoms with Gasteiger partial charge in [-0.3, -0.25) is 9.59 Å². The Kier molecular flexibility index (Phi) is 5.87. The van der Waals surface area contributed by atoms with Gasteiger partial charge in [0.1, 0.15) is 30.7 Å². The zero-order chi connectivity index (χ0) is 20.9. The van der Waals surface area contributed by atoms with E-state index in [-0.39, 0.29) is 30.2 Å². The summed E-state index contributed by atoms with van der Waals surface area (Å²) in [6.45, 7) is 0.944. The van der Waals surface area contributed by atoms with Gasteiger partial charge in [-0.05, 0) is 18.9 Å². The van der Waals surface area contributed by atoms with Crippen LogP contribution in [0.4, 0.5) is 5.82 Å². The van der Waals surface area contributed by atoms with Gasteiger partial charge in [0, 0.05) is 25.3 Å². The molecule has 1 saturated carbocycles. The van der Waals surface area contributed by atoms with E-state index >= 15 is 0 Å². The largest absolute Gasteiger partial charge is 0.383 e. The summed E-state index contributed by atoms with van der Waals surface area (Å²) >= 11 is 0. The maximum atomic E-state index is 12.3. The minimum absolute atomic E-state index is 0.00868. The SMILES string of the molecule is Nc1ncnc2c1ccn2CCNC(=O)Cn1cnc(C(=O)NC2CCCCC2)n1. The first-order chi connectivity index (χ1) is 14.6. The van der Waals surface area contributed by atoms with E-state index < -0.39 is 0 Å². The molecule has 0 bridgehead atoms. The first-order valence-corrected chi connectivity index (χ1v) is 10.1. The Labute approximate surface area is 173 Å². The van der Waals surface area contributed by atoms with Crippen molar-refractivity contribution in [3.8, 4) is 0 Å². The molecule has 0 atom stereocenters. The van der Waals surface area contributed by atoms with Crippen molar-refractivity contribution < 1.29 is 9.59 Å². The van der Waals surface area contributed by atoms with Crippen molar-refractivity contribution in [1.82, 2.24) is 39.9 Å². The number of rotatable bonds is 7. The normalized spacial score (nSPS) is 14.7. The third-order valence-corrected chi connectivity index (χ3v) is 5.25. The number of nitrogens with zero attached hydrogens (tertiary/aromatic N) is 6. The lowest BCUT2D eigenvalue weighted by atomic mass is 9.95. The summed E-state index contributed by atoms with van der Waals surface area (Å²) in [5.41, 5.74) is 6.55. The minimum atomic E-state index is -0.290. The Bertz CT molecular complexity index is 1040. The number of nitrogens with two attached hydrogens (primary N) is 1. The van der Waals surface area contributed by atoms with E-state index in [1.54, 1.807) is 0 Å². The van der Waals surface area contributed by atoms with Crippen molar-refractivity contribution in [1.29, 1.82) is 0 Å². The standard InChI is InChI=1S/C19H25N9O2/c20-16-14-6-8-27(18(14)23-11-22-16)9-7-21-15(29)10-28-12-24-17(26-28)19(30)25-13-4-2-1-3-5-13/h6,8,11-13H,1-5,7,9-10H2,(H,21,29)(H,25,30)(H2,20,22,23). The Morgan fingerprint density at radius 2 is 2.00 bits per heavy atom. The predicted octanol–water partition coefficient (Wildman–Crippen LogP) is 0.484. The molecule has 1 aliphatic carbocycles. The van der Waals surface area contributed by atoms with Gasteiger partial charge in [-0.1, -0.05) is 19.3 Å². The van der Waals surface area contributed by atoms with Gasteiger partial charge in [-0.15, -0.1) is 5.10 Å². The number of carbonyl (C=O) groups excluding carboxylic acids is 2. The van der Waals surface area contributed by atoms with Crippen LogP contribution in [0.25, 0.3) is 11.0 Å². The van der Waals surface area contributed by atoms with Gasteiger partial charge < -0.3 is 20.9 Å². The van der Waals surface area contributed by atoms with E-state index in [4.69, 9.17) is 5.73 Å². The summed E-state index contributed by atoms with van der Waals surface area (Å²) in [5, 5.41) is 10.7. The third-order valence-electron chi connectivity index (χ3n) is 5.25. The van der Waals surface area contributed by atoms with Gasteiger partial charge >= 0.3 is 0 Å². The van der Waals surface area contributed by atoms with Crippen molar-refractivity contribution in [2.24, 2.45) is 0 Å². The molecule has 3 aromatic heterocycles. The van der Waals surface area contributed by atoms with E-state index in [1.165, 1.54) is 23.8 Å². The average molecular weight is 411 g/mol. The second kappa shape index (κ2) is 8.89. The number of amides is 2. The van der Waals surface area contributed by atoms with Crippen LogP contribution >= 0.6 is 0 Å². The number of carbonyl (C=O) groups is 2. The molecule has 158 valence electrons. The zero-order valence-electron chi connectivity index (χ0n) is 16.6. The summed E-state index contributed by atoms with van der Waals surface area (Å²) in [6.07, 6.45) is 10.1. The molecule has 30 heavy (non-hydrogen) atoms. The fourth-order valence-corrected chi connectivity index (χ4v) is 3.69. The van der Waals surface area contributed by atoms with Gasteiger partial charge in [-0.2, -0.15) is 0 Å². The van der Waals surface area contributed by atoms with Crippen LogP contribution in [0, 0.1) is 0 Å². The Morgan fingerprint density at radius 3 is 2.83 bits per heavy atom. The molecule has 3 heterocycles. The van der Waals surface area contributed by atoms with E-state index in [0.717, 1.165) is 36.7 Å². The topological polar surface area (TPSA) is 146 Å². The molecule has 3 aromatic rings. The monoisotopic (exact) mass is 411 g/mol. The maximum absolute atomic E-state index is 12.3. The smallest absolute Gasteiger partial charge is 0.291 e. The van der Waals surface area contributed by atoms with Crippen LogP contribution in [-0.2, 0) is 17.9 Å². The molecule has 0 aromatic carbocycles. The Morgan fingerprint density at radius 1 is 1.17 bits per heavy atom. The first kappa shape index (κ1) is 19.8. The van der Waals surface area contributed by atoms with Crippen molar-refractivity contribution in [2.45, 2.75) is 51.2 Å². The first-order valence-electron chi connectivity index (χ1n) is 10.1. The average Bonchev–Trinajstić information content (AvgIpc) is 3.37. The van der Waals surface area contributed by atoms with Gasteiger partial charge in [0.25, 0.3) is 5.91 Å². The number of nitrogen functional groups attached to an aromatic ring is 1. The molecule has 1 fully saturated rings.